The van der Waals surface area contributed by atoms with Crippen molar-refractivity contribution in [3.05, 3.63) is 65.5 Å². The third-order valence-electron chi connectivity index (χ3n) is 5.82. The summed E-state index contributed by atoms with van der Waals surface area (Å²) in [6, 6.07) is 15.3. The number of fused-ring (bicyclic) bond motifs is 1. The van der Waals surface area contributed by atoms with Gasteiger partial charge in [0, 0.05) is 25.7 Å². The third kappa shape index (κ3) is 3.83. The quantitative estimate of drug-likeness (QED) is 0.906. The Kier molecular flexibility index (Phi) is 5.12. The molecule has 2 aromatic rings. The molecule has 0 aromatic heterocycles. The van der Waals surface area contributed by atoms with Gasteiger partial charge in [0.05, 0.1) is 11.7 Å². The molecule has 0 spiro atoms. The van der Waals surface area contributed by atoms with E-state index in [1.807, 2.05) is 25.2 Å². The lowest BCUT2D eigenvalue weighted by atomic mass is 9.93. The lowest BCUT2D eigenvalue weighted by Crippen LogP contribution is -2.53. The first kappa shape index (κ1) is 18.0. The highest BCUT2D eigenvalue weighted by Crippen LogP contribution is 2.24. The van der Waals surface area contributed by atoms with Crippen LogP contribution in [0.25, 0.3) is 0 Å². The molecule has 0 radical (unpaired) electrons. The Hall–Kier alpha value is -2.40. The summed E-state index contributed by atoms with van der Waals surface area (Å²) >= 11 is 0. The van der Waals surface area contributed by atoms with Gasteiger partial charge in [0.2, 0.25) is 5.91 Å². The molecule has 0 aliphatic carbocycles. The number of piperidine rings is 1. The summed E-state index contributed by atoms with van der Waals surface area (Å²) < 4.78 is 14.0. The van der Waals surface area contributed by atoms with Crippen LogP contribution in [0.15, 0.2) is 48.5 Å². The Labute approximate surface area is 160 Å². The summed E-state index contributed by atoms with van der Waals surface area (Å²) in [7, 11) is 2.01. The van der Waals surface area contributed by atoms with Crippen LogP contribution in [-0.2, 0) is 17.8 Å². The van der Waals surface area contributed by atoms with E-state index in [-0.39, 0.29) is 23.8 Å². The summed E-state index contributed by atoms with van der Waals surface area (Å²) in [5.41, 5.74) is 3.23. The Morgan fingerprint density at radius 3 is 2.44 bits per heavy atom. The second-order valence-corrected chi connectivity index (χ2v) is 7.63. The van der Waals surface area contributed by atoms with Crippen molar-refractivity contribution in [2.75, 3.05) is 25.0 Å². The van der Waals surface area contributed by atoms with Gasteiger partial charge in [-0.2, -0.15) is 0 Å². The molecule has 1 N–H and O–H groups in total. The molecular weight excluding hydrogens is 341 g/mol. The molecule has 5 heteroatoms. The number of hydrogen-bond acceptors (Lipinski definition) is 3. The number of anilines is 1. The number of nitrogens with one attached hydrogen (secondary N) is 1. The minimum absolute atomic E-state index is 0.108. The average molecular weight is 367 g/mol. The molecule has 27 heavy (non-hydrogen) atoms. The molecule has 1 amide bonds. The van der Waals surface area contributed by atoms with E-state index in [0.29, 0.717) is 5.69 Å². The molecule has 2 aliphatic heterocycles. The normalized spacial score (nSPS) is 21.0. The van der Waals surface area contributed by atoms with Gasteiger partial charge in [-0.25, -0.2) is 4.39 Å². The summed E-state index contributed by atoms with van der Waals surface area (Å²) in [6.45, 7) is 2.32. The standard InChI is InChI=1S/C22H26FN3O/c1-25-15-17-7-3-2-6-16(17)14-21(25)22(27)24-18-10-12-26(13-11-18)20-9-5-4-8-19(20)23/h2-9,18,21H,10-15H2,1H3,(H,24,27)/t21-/m0/s1. The van der Waals surface area contributed by atoms with Gasteiger partial charge < -0.3 is 10.2 Å². The van der Waals surface area contributed by atoms with Gasteiger partial charge in [0.15, 0.2) is 0 Å². The van der Waals surface area contributed by atoms with Crippen LogP contribution < -0.4 is 10.2 Å². The predicted molar refractivity (Wildman–Crippen MR) is 105 cm³/mol. The van der Waals surface area contributed by atoms with Gasteiger partial charge in [0.1, 0.15) is 5.82 Å². The average Bonchev–Trinajstić information content (AvgIpc) is 2.68. The topological polar surface area (TPSA) is 35.6 Å². The minimum Gasteiger partial charge on any atom is -0.369 e. The van der Waals surface area contributed by atoms with Crippen LogP contribution in [0.3, 0.4) is 0 Å². The summed E-state index contributed by atoms with van der Waals surface area (Å²) in [5, 5.41) is 3.24. The van der Waals surface area contributed by atoms with E-state index in [2.05, 4.69) is 33.3 Å². The molecule has 0 saturated carbocycles. The van der Waals surface area contributed by atoms with E-state index in [9.17, 15) is 9.18 Å². The fourth-order valence-electron chi connectivity index (χ4n) is 4.22. The molecular formula is C22H26FN3O. The van der Waals surface area contributed by atoms with Gasteiger partial charge in [-0.05, 0) is 49.6 Å². The van der Waals surface area contributed by atoms with Crippen molar-refractivity contribution >= 4 is 11.6 Å². The Morgan fingerprint density at radius 1 is 1.04 bits per heavy atom. The maximum absolute atomic E-state index is 14.0. The number of rotatable bonds is 3. The van der Waals surface area contributed by atoms with Crippen molar-refractivity contribution in [3.8, 4) is 0 Å². The van der Waals surface area contributed by atoms with E-state index < -0.39 is 0 Å². The number of hydrogen-bond donors (Lipinski definition) is 1. The Morgan fingerprint density at radius 2 is 1.70 bits per heavy atom. The highest BCUT2D eigenvalue weighted by atomic mass is 19.1. The highest BCUT2D eigenvalue weighted by Gasteiger charge is 2.31. The Bertz CT molecular complexity index is 817. The molecule has 1 saturated heterocycles. The molecule has 1 atom stereocenters. The van der Waals surface area contributed by atoms with Crippen molar-refractivity contribution in [3.63, 3.8) is 0 Å². The van der Waals surface area contributed by atoms with Gasteiger partial charge in [0.25, 0.3) is 0 Å². The number of benzene rings is 2. The molecule has 2 aromatic carbocycles. The largest absolute Gasteiger partial charge is 0.369 e. The van der Waals surface area contributed by atoms with Crippen molar-refractivity contribution in [2.24, 2.45) is 0 Å². The first-order valence-corrected chi connectivity index (χ1v) is 9.68. The zero-order valence-corrected chi connectivity index (χ0v) is 15.7. The summed E-state index contributed by atoms with van der Waals surface area (Å²) in [6.07, 6.45) is 2.44. The molecule has 4 nitrogen and oxygen atoms in total. The maximum atomic E-state index is 14.0. The molecule has 2 heterocycles. The lowest BCUT2D eigenvalue weighted by Gasteiger charge is -2.37. The number of halogens is 1. The maximum Gasteiger partial charge on any atom is 0.237 e. The molecule has 0 bridgehead atoms. The van der Waals surface area contributed by atoms with Gasteiger partial charge in [-0.1, -0.05) is 36.4 Å². The Balaban J connectivity index is 1.34. The highest BCUT2D eigenvalue weighted by molar-refractivity contribution is 5.82. The van der Waals surface area contributed by atoms with Gasteiger partial charge in [-0.15, -0.1) is 0 Å². The molecule has 1 fully saturated rings. The number of amides is 1. The SMILES string of the molecule is CN1Cc2ccccc2C[C@H]1C(=O)NC1CCN(c2ccccc2F)CC1. The fraction of sp³-hybridized carbons (Fsp3) is 0.409. The summed E-state index contributed by atoms with van der Waals surface area (Å²) in [5.74, 6) is -0.0705. The van der Waals surface area contributed by atoms with Crippen LogP contribution in [0.2, 0.25) is 0 Å². The number of carbonyl (C=O) groups is 1. The van der Waals surface area contributed by atoms with Crippen LogP contribution >= 0.6 is 0 Å². The molecule has 0 unspecified atom stereocenters. The monoisotopic (exact) mass is 367 g/mol. The second-order valence-electron chi connectivity index (χ2n) is 7.63. The predicted octanol–water partition coefficient (Wildman–Crippen LogP) is 2.97. The molecule has 2 aliphatic rings. The number of nitrogens with zero attached hydrogens (tertiary/aromatic N) is 2. The molecule has 4 rings (SSSR count). The van der Waals surface area contributed by atoms with Crippen LogP contribution in [-0.4, -0.2) is 43.0 Å². The minimum atomic E-state index is -0.178. The smallest absolute Gasteiger partial charge is 0.237 e. The van der Waals surface area contributed by atoms with Crippen molar-refractivity contribution in [1.82, 2.24) is 10.2 Å². The first-order chi connectivity index (χ1) is 13.1. The number of carbonyl (C=O) groups excluding carboxylic acids is 1. The van der Waals surface area contributed by atoms with E-state index in [4.69, 9.17) is 0 Å². The van der Waals surface area contributed by atoms with Gasteiger partial charge >= 0.3 is 0 Å². The van der Waals surface area contributed by atoms with Gasteiger partial charge in [-0.3, -0.25) is 9.69 Å². The number of para-hydroxylation sites is 1. The zero-order valence-electron chi connectivity index (χ0n) is 15.7. The van der Waals surface area contributed by atoms with E-state index in [0.717, 1.165) is 38.9 Å². The second kappa shape index (κ2) is 7.69. The van der Waals surface area contributed by atoms with Crippen molar-refractivity contribution in [1.29, 1.82) is 0 Å². The fourth-order valence-corrected chi connectivity index (χ4v) is 4.22. The van der Waals surface area contributed by atoms with E-state index >= 15 is 0 Å². The van der Waals surface area contributed by atoms with Crippen LogP contribution in [0.5, 0.6) is 0 Å². The van der Waals surface area contributed by atoms with E-state index in [1.54, 1.807) is 6.07 Å². The summed E-state index contributed by atoms with van der Waals surface area (Å²) in [4.78, 5) is 17.1. The molecule has 142 valence electrons. The van der Waals surface area contributed by atoms with Crippen LogP contribution in [0, 0.1) is 5.82 Å². The number of likely N-dealkylation sites (N-methyl/N-ethyl adjacent to an activating group) is 1. The van der Waals surface area contributed by atoms with Crippen LogP contribution in [0.4, 0.5) is 10.1 Å². The first-order valence-electron chi connectivity index (χ1n) is 9.68. The zero-order chi connectivity index (χ0) is 18.8. The third-order valence-corrected chi connectivity index (χ3v) is 5.82. The van der Waals surface area contributed by atoms with Crippen molar-refractivity contribution < 1.29 is 9.18 Å². The van der Waals surface area contributed by atoms with Crippen LogP contribution in [0.1, 0.15) is 24.0 Å². The van der Waals surface area contributed by atoms with Crippen molar-refractivity contribution in [2.45, 2.75) is 37.9 Å². The van der Waals surface area contributed by atoms with E-state index in [1.165, 1.54) is 17.2 Å². The lowest BCUT2D eigenvalue weighted by molar-refractivity contribution is -0.127.